The first-order valence-corrected chi connectivity index (χ1v) is 6.22. The molecule has 0 atom stereocenters. The second-order valence-corrected chi connectivity index (χ2v) is 4.96. The third-order valence-corrected chi connectivity index (χ3v) is 3.65. The Bertz CT molecular complexity index is 459. The maximum absolute atomic E-state index is 13.4. The Morgan fingerprint density at radius 1 is 1.33 bits per heavy atom. The molecule has 1 aromatic carbocycles. The molecule has 0 amide bonds. The Labute approximate surface area is 107 Å². The van der Waals surface area contributed by atoms with Crippen molar-refractivity contribution in [1.82, 2.24) is 4.90 Å². The van der Waals surface area contributed by atoms with Crippen molar-refractivity contribution in [2.24, 2.45) is 0 Å². The number of nitrogens with zero attached hydrogens (tertiary/aromatic N) is 3. The van der Waals surface area contributed by atoms with Gasteiger partial charge in [-0.15, -0.1) is 0 Å². The molecular formula is C14H18FN3. The molecule has 0 N–H and O–H groups in total. The molecule has 18 heavy (non-hydrogen) atoms. The second-order valence-electron chi connectivity index (χ2n) is 4.96. The number of benzene rings is 1. The van der Waals surface area contributed by atoms with Crippen molar-refractivity contribution < 1.29 is 4.39 Å². The molecule has 0 spiro atoms. The molecule has 0 unspecified atom stereocenters. The molecule has 0 radical (unpaired) electrons. The van der Waals surface area contributed by atoms with E-state index in [2.05, 4.69) is 16.8 Å². The lowest BCUT2D eigenvalue weighted by Crippen LogP contribution is -2.42. The van der Waals surface area contributed by atoms with E-state index >= 15 is 0 Å². The minimum Gasteiger partial charge on any atom is -0.371 e. The molecule has 1 aromatic rings. The fourth-order valence-corrected chi connectivity index (χ4v) is 2.44. The van der Waals surface area contributed by atoms with Gasteiger partial charge in [-0.2, -0.15) is 5.26 Å². The Hall–Kier alpha value is -1.60. The normalized spacial score (nSPS) is 17.4. The van der Waals surface area contributed by atoms with Crippen molar-refractivity contribution in [1.29, 1.82) is 5.26 Å². The Kier molecular flexibility index (Phi) is 3.83. The van der Waals surface area contributed by atoms with E-state index in [1.54, 1.807) is 6.07 Å². The molecule has 1 saturated heterocycles. The van der Waals surface area contributed by atoms with Crippen LogP contribution in [0.25, 0.3) is 0 Å². The van der Waals surface area contributed by atoms with Gasteiger partial charge in [-0.3, -0.25) is 0 Å². The van der Waals surface area contributed by atoms with Gasteiger partial charge in [0, 0.05) is 18.8 Å². The van der Waals surface area contributed by atoms with E-state index < -0.39 is 0 Å². The van der Waals surface area contributed by atoms with Crippen molar-refractivity contribution in [2.45, 2.75) is 18.9 Å². The third kappa shape index (κ3) is 2.80. The highest BCUT2D eigenvalue weighted by atomic mass is 19.1. The van der Waals surface area contributed by atoms with Crippen LogP contribution in [0.15, 0.2) is 18.2 Å². The molecule has 0 aromatic heterocycles. The van der Waals surface area contributed by atoms with Crippen LogP contribution < -0.4 is 4.90 Å². The fraction of sp³-hybridized carbons (Fsp3) is 0.500. The molecule has 0 saturated carbocycles. The van der Waals surface area contributed by atoms with E-state index in [4.69, 9.17) is 5.26 Å². The topological polar surface area (TPSA) is 30.3 Å². The zero-order chi connectivity index (χ0) is 13.1. The van der Waals surface area contributed by atoms with E-state index in [1.165, 1.54) is 12.1 Å². The van der Waals surface area contributed by atoms with Gasteiger partial charge >= 0.3 is 0 Å². The highest BCUT2D eigenvalue weighted by Crippen LogP contribution is 2.23. The summed E-state index contributed by atoms with van der Waals surface area (Å²) in [5.74, 6) is -0.344. The molecule has 1 aliphatic heterocycles. The number of likely N-dealkylation sites (tertiary alicyclic amines) is 1. The first kappa shape index (κ1) is 12.8. The van der Waals surface area contributed by atoms with Crippen molar-refractivity contribution in [3.63, 3.8) is 0 Å². The van der Waals surface area contributed by atoms with E-state index in [0.29, 0.717) is 11.6 Å². The minimum atomic E-state index is -0.344. The average molecular weight is 247 g/mol. The SMILES string of the molecule is CN1CCC(N(C)c2cc(F)cc(C#N)c2)CC1. The van der Waals surface area contributed by atoms with Crippen LogP contribution in [0.3, 0.4) is 0 Å². The first-order chi connectivity index (χ1) is 8.60. The highest BCUT2D eigenvalue weighted by molar-refractivity contribution is 5.52. The van der Waals surface area contributed by atoms with Crippen LogP contribution in [-0.4, -0.2) is 38.1 Å². The molecule has 0 aliphatic carbocycles. The van der Waals surface area contributed by atoms with Crippen molar-refractivity contribution >= 4 is 5.69 Å². The molecule has 0 bridgehead atoms. The minimum absolute atomic E-state index is 0.344. The van der Waals surface area contributed by atoms with Gasteiger partial charge in [0.15, 0.2) is 0 Å². The molecule has 96 valence electrons. The molecular weight excluding hydrogens is 229 g/mol. The van der Waals surface area contributed by atoms with Crippen LogP contribution in [0.5, 0.6) is 0 Å². The summed E-state index contributed by atoms with van der Waals surface area (Å²) in [5.41, 5.74) is 1.17. The van der Waals surface area contributed by atoms with Crippen LogP contribution >= 0.6 is 0 Å². The van der Waals surface area contributed by atoms with Crippen LogP contribution in [0.4, 0.5) is 10.1 Å². The Morgan fingerprint density at radius 3 is 2.61 bits per heavy atom. The summed E-state index contributed by atoms with van der Waals surface area (Å²) in [5, 5.41) is 8.87. The second kappa shape index (κ2) is 5.36. The highest BCUT2D eigenvalue weighted by Gasteiger charge is 2.21. The number of hydrogen-bond acceptors (Lipinski definition) is 3. The maximum Gasteiger partial charge on any atom is 0.126 e. The van der Waals surface area contributed by atoms with Crippen LogP contribution in [0, 0.1) is 17.1 Å². The molecule has 2 rings (SSSR count). The van der Waals surface area contributed by atoms with E-state index in [-0.39, 0.29) is 5.82 Å². The first-order valence-electron chi connectivity index (χ1n) is 6.22. The quantitative estimate of drug-likeness (QED) is 0.803. The summed E-state index contributed by atoms with van der Waals surface area (Å²) in [4.78, 5) is 4.40. The molecule has 1 heterocycles. The van der Waals surface area contributed by atoms with Crippen LogP contribution in [0.2, 0.25) is 0 Å². The van der Waals surface area contributed by atoms with E-state index in [0.717, 1.165) is 31.6 Å². The van der Waals surface area contributed by atoms with Gasteiger partial charge in [0.2, 0.25) is 0 Å². The predicted molar refractivity (Wildman–Crippen MR) is 70.0 cm³/mol. The van der Waals surface area contributed by atoms with Crippen molar-refractivity contribution in [2.75, 3.05) is 32.1 Å². The summed E-state index contributed by atoms with van der Waals surface area (Å²) in [6, 6.07) is 6.94. The summed E-state index contributed by atoms with van der Waals surface area (Å²) in [6.45, 7) is 2.13. The van der Waals surface area contributed by atoms with Gasteiger partial charge in [-0.25, -0.2) is 4.39 Å². The van der Waals surface area contributed by atoms with Gasteiger partial charge < -0.3 is 9.80 Å². The summed E-state index contributed by atoms with van der Waals surface area (Å²) >= 11 is 0. The van der Waals surface area contributed by atoms with Gasteiger partial charge in [0.05, 0.1) is 11.6 Å². The number of rotatable bonds is 2. The van der Waals surface area contributed by atoms with Crippen molar-refractivity contribution in [3.8, 4) is 6.07 Å². The summed E-state index contributed by atoms with van der Waals surface area (Å²) in [7, 11) is 4.10. The third-order valence-electron chi connectivity index (χ3n) is 3.65. The number of hydrogen-bond donors (Lipinski definition) is 0. The maximum atomic E-state index is 13.4. The zero-order valence-corrected chi connectivity index (χ0v) is 10.9. The Morgan fingerprint density at radius 2 is 2.00 bits per heavy atom. The number of anilines is 1. The molecule has 3 nitrogen and oxygen atoms in total. The number of nitriles is 1. The molecule has 4 heteroatoms. The van der Waals surface area contributed by atoms with E-state index in [9.17, 15) is 4.39 Å². The van der Waals surface area contributed by atoms with Gasteiger partial charge in [0.1, 0.15) is 5.82 Å². The van der Waals surface area contributed by atoms with Crippen molar-refractivity contribution in [3.05, 3.63) is 29.6 Å². The summed E-state index contributed by atoms with van der Waals surface area (Å²) in [6.07, 6.45) is 2.15. The molecule has 1 fully saturated rings. The summed E-state index contributed by atoms with van der Waals surface area (Å²) < 4.78 is 13.4. The lowest BCUT2D eigenvalue weighted by Gasteiger charge is -2.36. The van der Waals surface area contributed by atoms with Gasteiger partial charge in [0.25, 0.3) is 0 Å². The average Bonchev–Trinajstić information content (AvgIpc) is 2.38. The van der Waals surface area contributed by atoms with Gasteiger partial charge in [-0.05, 0) is 51.2 Å². The largest absolute Gasteiger partial charge is 0.371 e. The predicted octanol–water partition coefficient (Wildman–Crippen LogP) is 2.23. The van der Waals surface area contributed by atoms with E-state index in [1.807, 2.05) is 13.1 Å². The number of halogens is 1. The molecule has 1 aliphatic rings. The number of piperidine rings is 1. The standard InChI is InChI=1S/C14H18FN3/c1-17-5-3-13(4-6-17)18(2)14-8-11(10-16)7-12(15)9-14/h7-9,13H,3-6H2,1-2H3. The monoisotopic (exact) mass is 247 g/mol. The van der Waals surface area contributed by atoms with Gasteiger partial charge in [-0.1, -0.05) is 0 Å². The lowest BCUT2D eigenvalue weighted by atomic mass is 10.0. The fourth-order valence-electron chi connectivity index (χ4n) is 2.44. The smallest absolute Gasteiger partial charge is 0.126 e. The Balaban J connectivity index is 2.16. The zero-order valence-electron chi connectivity index (χ0n) is 10.9. The lowest BCUT2D eigenvalue weighted by molar-refractivity contribution is 0.253. The van der Waals surface area contributed by atoms with Crippen LogP contribution in [0.1, 0.15) is 18.4 Å². The van der Waals surface area contributed by atoms with Crippen LogP contribution in [-0.2, 0) is 0 Å².